The molecule has 0 unspecified atom stereocenters. The lowest BCUT2D eigenvalue weighted by atomic mass is 9.95. The Morgan fingerprint density at radius 2 is 1.73 bits per heavy atom. The molecule has 3 amide bonds. The topological polar surface area (TPSA) is 134 Å². The summed E-state index contributed by atoms with van der Waals surface area (Å²) in [6.07, 6.45) is 6.89. The third-order valence-corrected chi connectivity index (χ3v) is 7.14. The number of anilines is 1. The average molecular weight is 550 g/mol. The predicted octanol–water partition coefficient (Wildman–Crippen LogP) is 3.78. The molecule has 1 fully saturated rings. The minimum atomic E-state index is -1.19. The van der Waals surface area contributed by atoms with Gasteiger partial charge >= 0.3 is 5.97 Å². The summed E-state index contributed by atoms with van der Waals surface area (Å²) in [6, 6.07) is 11.9. The maximum absolute atomic E-state index is 13.3. The number of ether oxygens (including phenoxy) is 1. The first-order valence-corrected chi connectivity index (χ1v) is 13.7. The molecule has 2 atom stereocenters. The molecule has 1 aliphatic carbocycles. The van der Waals surface area contributed by atoms with Crippen molar-refractivity contribution in [1.82, 2.24) is 10.6 Å². The van der Waals surface area contributed by atoms with Gasteiger partial charge in [-0.15, -0.1) is 13.2 Å². The lowest BCUT2D eigenvalue weighted by Gasteiger charge is -2.29. The van der Waals surface area contributed by atoms with Gasteiger partial charge in [0.25, 0.3) is 5.91 Å². The van der Waals surface area contributed by atoms with E-state index in [1.807, 2.05) is 36.4 Å². The number of carbonyl (C=O) groups is 4. The second kappa shape index (κ2) is 15.0. The molecule has 1 saturated carbocycles. The Labute approximate surface area is 235 Å². The van der Waals surface area contributed by atoms with Gasteiger partial charge in [-0.3, -0.25) is 19.2 Å². The second-order valence-corrected chi connectivity index (χ2v) is 10.2. The standard InChI is InChI=1S/C31H39N3O6/c1-3-5-13-28(37)40-20-26(30(39)32-25-15-14-22-11-6-7-12-23(22)18-25)33-29(38)24(10-4-2)19-27(36)34-31(21-35)16-8-9-17-31/h3-4,6-7,11-12,14-15,18,24,26,35H,1-2,5,8-10,13,16-17,19-21H2,(H,32,39)(H,33,38)(H,34,36)/t24-,26-/m0/s1. The van der Waals surface area contributed by atoms with Crippen molar-refractivity contribution in [2.45, 2.75) is 62.9 Å². The van der Waals surface area contributed by atoms with Gasteiger partial charge in [0.1, 0.15) is 12.6 Å². The fraction of sp³-hybridized carbons (Fsp3) is 0.419. The summed E-state index contributed by atoms with van der Waals surface area (Å²) < 4.78 is 5.28. The average Bonchev–Trinajstić information content (AvgIpc) is 3.42. The molecule has 9 heteroatoms. The van der Waals surface area contributed by atoms with E-state index in [0.717, 1.165) is 23.6 Å². The number of hydrogen-bond donors (Lipinski definition) is 4. The van der Waals surface area contributed by atoms with Crippen LogP contribution in [0.25, 0.3) is 10.8 Å². The molecule has 0 heterocycles. The highest BCUT2D eigenvalue weighted by atomic mass is 16.5. The first-order valence-electron chi connectivity index (χ1n) is 13.7. The van der Waals surface area contributed by atoms with E-state index in [9.17, 15) is 24.3 Å². The first kappa shape index (κ1) is 30.6. The zero-order valence-corrected chi connectivity index (χ0v) is 22.8. The Kier molecular flexibility index (Phi) is 11.4. The van der Waals surface area contributed by atoms with Gasteiger partial charge in [-0.05, 0) is 48.6 Å². The molecular weight excluding hydrogens is 510 g/mol. The molecule has 0 spiro atoms. The molecule has 0 bridgehead atoms. The van der Waals surface area contributed by atoms with Gasteiger partial charge in [0.15, 0.2) is 0 Å². The van der Waals surface area contributed by atoms with Crippen molar-refractivity contribution < 1.29 is 29.0 Å². The van der Waals surface area contributed by atoms with E-state index in [4.69, 9.17) is 4.74 Å². The molecule has 0 aromatic heterocycles. The van der Waals surface area contributed by atoms with Crippen LogP contribution in [0.2, 0.25) is 0 Å². The molecule has 4 N–H and O–H groups in total. The molecule has 0 radical (unpaired) electrons. The fourth-order valence-electron chi connectivity index (χ4n) is 4.87. The number of hydrogen-bond acceptors (Lipinski definition) is 6. The Morgan fingerprint density at radius 3 is 2.40 bits per heavy atom. The van der Waals surface area contributed by atoms with Crippen molar-refractivity contribution in [3.8, 4) is 0 Å². The van der Waals surface area contributed by atoms with Gasteiger partial charge in [-0.1, -0.05) is 55.3 Å². The van der Waals surface area contributed by atoms with Gasteiger partial charge in [-0.2, -0.15) is 0 Å². The number of rotatable bonds is 15. The van der Waals surface area contributed by atoms with Crippen molar-refractivity contribution in [3.05, 3.63) is 67.8 Å². The van der Waals surface area contributed by atoms with E-state index >= 15 is 0 Å². The third-order valence-electron chi connectivity index (χ3n) is 7.14. The van der Waals surface area contributed by atoms with Crippen LogP contribution in [0.4, 0.5) is 5.69 Å². The summed E-state index contributed by atoms with van der Waals surface area (Å²) in [6.45, 7) is 6.75. The molecule has 3 rings (SSSR count). The number of carbonyl (C=O) groups excluding carboxylic acids is 4. The summed E-state index contributed by atoms with van der Waals surface area (Å²) in [5.41, 5.74) is -0.136. The lowest BCUT2D eigenvalue weighted by Crippen LogP contribution is -2.51. The molecule has 0 aliphatic heterocycles. The summed E-state index contributed by atoms with van der Waals surface area (Å²) in [5.74, 6) is -2.79. The zero-order valence-electron chi connectivity index (χ0n) is 22.8. The highest BCUT2D eigenvalue weighted by Crippen LogP contribution is 2.29. The monoisotopic (exact) mass is 549 g/mol. The molecule has 2 aromatic carbocycles. The van der Waals surface area contributed by atoms with Crippen LogP contribution in [0.5, 0.6) is 0 Å². The summed E-state index contributed by atoms with van der Waals surface area (Å²) in [5, 5.41) is 20.1. The van der Waals surface area contributed by atoms with Crippen LogP contribution in [0, 0.1) is 5.92 Å². The van der Waals surface area contributed by atoms with Crippen LogP contribution < -0.4 is 16.0 Å². The van der Waals surface area contributed by atoms with Gasteiger partial charge < -0.3 is 25.8 Å². The van der Waals surface area contributed by atoms with Crippen molar-refractivity contribution in [3.63, 3.8) is 0 Å². The van der Waals surface area contributed by atoms with Gasteiger partial charge in [0, 0.05) is 18.5 Å². The minimum Gasteiger partial charge on any atom is -0.463 e. The van der Waals surface area contributed by atoms with Crippen LogP contribution in [0.1, 0.15) is 51.4 Å². The highest BCUT2D eigenvalue weighted by Gasteiger charge is 2.36. The largest absolute Gasteiger partial charge is 0.463 e. The normalized spacial score (nSPS) is 15.4. The van der Waals surface area contributed by atoms with Gasteiger partial charge in [0.2, 0.25) is 11.8 Å². The van der Waals surface area contributed by atoms with Crippen molar-refractivity contribution >= 4 is 40.2 Å². The van der Waals surface area contributed by atoms with Crippen LogP contribution in [0.3, 0.4) is 0 Å². The number of nitrogens with one attached hydrogen (secondary N) is 3. The number of fused-ring (bicyclic) bond motifs is 1. The van der Waals surface area contributed by atoms with Crippen molar-refractivity contribution in [2.24, 2.45) is 5.92 Å². The molecule has 0 saturated heterocycles. The number of benzene rings is 2. The van der Waals surface area contributed by atoms with E-state index in [-0.39, 0.29) is 38.4 Å². The summed E-state index contributed by atoms with van der Waals surface area (Å²) in [7, 11) is 0. The van der Waals surface area contributed by atoms with Gasteiger partial charge in [0.05, 0.1) is 18.1 Å². The number of aliphatic hydroxyl groups is 1. The van der Waals surface area contributed by atoms with Crippen molar-refractivity contribution in [1.29, 1.82) is 0 Å². The highest BCUT2D eigenvalue weighted by molar-refractivity contribution is 5.99. The van der Waals surface area contributed by atoms with E-state index in [0.29, 0.717) is 24.9 Å². The van der Waals surface area contributed by atoms with E-state index in [2.05, 4.69) is 29.1 Å². The van der Waals surface area contributed by atoms with Crippen LogP contribution in [-0.4, -0.2) is 53.6 Å². The Morgan fingerprint density at radius 1 is 1.00 bits per heavy atom. The molecule has 2 aromatic rings. The molecule has 214 valence electrons. The smallest absolute Gasteiger partial charge is 0.306 e. The summed E-state index contributed by atoms with van der Waals surface area (Å²) in [4.78, 5) is 51.5. The molecule has 40 heavy (non-hydrogen) atoms. The SMILES string of the molecule is C=CCCC(=O)OC[C@H](NC(=O)[C@@H](CC=C)CC(=O)NC1(CO)CCCC1)C(=O)Nc1ccc2ccccc2c1. The second-order valence-electron chi connectivity index (χ2n) is 10.2. The van der Waals surface area contributed by atoms with Crippen LogP contribution >= 0.6 is 0 Å². The third kappa shape index (κ3) is 8.77. The lowest BCUT2D eigenvalue weighted by molar-refractivity contribution is -0.146. The van der Waals surface area contributed by atoms with E-state index in [1.54, 1.807) is 12.1 Å². The minimum absolute atomic E-state index is 0.0995. The molecular formula is C31H39N3O6. The van der Waals surface area contributed by atoms with E-state index < -0.39 is 35.3 Å². The fourth-order valence-corrected chi connectivity index (χ4v) is 4.87. The number of esters is 1. The quantitative estimate of drug-likeness (QED) is 0.197. The predicted molar refractivity (Wildman–Crippen MR) is 154 cm³/mol. The van der Waals surface area contributed by atoms with Crippen LogP contribution in [0.15, 0.2) is 67.8 Å². The molecule has 9 nitrogen and oxygen atoms in total. The Bertz CT molecular complexity index is 1220. The zero-order chi connectivity index (χ0) is 29.0. The van der Waals surface area contributed by atoms with E-state index in [1.165, 1.54) is 6.08 Å². The van der Waals surface area contributed by atoms with Crippen LogP contribution in [-0.2, 0) is 23.9 Å². The first-order chi connectivity index (χ1) is 19.3. The summed E-state index contributed by atoms with van der Waals surface area (Å²) >= 11 is 0. The molecule has 1 aliphatic rings. The number of aliphatic hydroxyl groups excluding tert-OH is 1. The maximum atomic E-state index is 13.3. The Balaban J connectivity index is 1.71. The maximum Gasteiger partial charge on any atom is 0.306 e. The van der Waals surface area contributed by atoms with Gasteiger partial charge in [-0.25, -0.2) is 0 Å². The Hall–Kier alpha value is -3.98. The number of allylic oxidation sites excluding steroid dienone is 2. The van der Waals surface area contributed by atoms with Crippen molar-refractivity contribution in [2.75, 3.05) is 18.5 Å². The number of amides is 3.